The number of nitrogens with zero attached hydrogens (tertiary/aromatic N) is 1. The van der Waals surface area contributed by atoms with E-state index in [1.165, 1.54) is 4.90 Å². The lowest BCUT2D eigenvalue weighted by Gasteiger charge is -2.11. The van der Waals surface area contributed by atoms with Crippen molar-refractivity contribution in [1.82, 2.24) is 10.2 Å². The van der Waals surface area contributed by atoms with Crippen molar-refractivity contribution in [3.63, 3.8) is 0 Å². The summed E-state index contributed by atoms with van der Waals surface area (Å²) in [7, 11) is 3.38. The minimum Gasteiger partial charge on any atom is -0.345 e. The first kappa shape index (κ1) is 13.8. The molecule has 18 heavy (non-hydrogen) atoms. The zero-order chi connectivity index (χ0) is 13.5. The van der Waals surface area contributed by atoms with Crippen LogP contribution in [0.4, 0.5) is 10.5 Å². The Labute approximate surface area is 106 Å². The van der Waals surface area contributed by atoms with E-state index in [0.29, 0.717) is 17.8 Å². The summed E-state index contributed by atoms with van der Waals surface area (Å²) in [6.45, 7) is 3.91. The van der Waals surface area contributed by atoms with Crippen molar-refractivity contribution in [2.45, 2.75) is 0 Å². The molecule has 0 spiro atoms. The molecule has 1 aromatic carbocycles. The topological polar surface area (TPSA) is 61.4 Å². The third kappa shape index (κ3) is 3.93. The van der Waals surface area contributed by atoms with E-state index < -0.39 is 0 Å². The highest BCUT2D eigenvalue weighted by molar-refractivity contribution is 5.95. The van der Waals surface area contributed by atoms with Gasteiger partial charge >= 0.3 is 6.03 Å². The summed E-state index contributed by atoms with van der Waals surface area (Å²) in [5, 5.41) is 5.24. The molecule has 0 aromatic heterocycles. The zero-order valence-electron chi connectivity index (χ0n) is 10.6. The molecule has 0 atom stereocenters. The smallest absolute Gasteiger partial charge is 0.319 e. The fourth-order valence-electron chi connectivity index (χ4n) is 1.29. The van der Waals surface area contributed by atoms with Crippen LogP contribution in [-0.4, -0.2) is 37.5 Å². The van der Waals surface area contributed by atoms with E-state index in [2.05, 4.69) is 17.2 Å². The summed E-state index contributed by atoms with van der Waals surface area (Å²) in [5.74, 6) is -0.0716. The number of carbonyl (C=O) groups is 2. The summed E-state index contributed by atoms with van der Waals surface area (Å²) in [4.78, 5) is 24.5. The number of anilines is 1. The van der Waals surface area contributed by atoms with Gasteiger partial charge in [-0.15, -0.1) is 6.58 Å². The first-order chi connectivity index (χ1) is 8.54. The van der Waals surface area contributed by atoms with Gasteiger partial charge in [0.2, 0.25) is 0 Å². The molecule has 0 saturated carbocycles. The fraction of sp³-hybridized carbons (Fsp3) is 0.231. The monoisotopic (exact) mass is 247 g/mol. The van der Waals surface area contributed by atoms with Gasteiger partial charge in [0.05, 0.1) is 0 Å². The Hall–Kier alpha value is -2.30. The molecule has 3 amide bonds. The van der Waals surface area contributed by atoms with E-state index >= 15 is 0 Å². The van der Waals surface area contributed by atoms with E-state index in [-0.39, 0.29) is 11.9 Å². The molecule has 0 bridgehead atoms. The number of benzene rings is 1. The fourth-order valence-corrected chi connectivity index (χ4v) is 1.29. The largest absolute Gasteiger partial charge is 0.345 e. The molecule has 0 aliphatic carbocycles. The van der Waals surface area contributed by atoms with Crippen LogP contribution < -0.4 is 10.6 Å². The Morgan fingerprint density at radius 3 is 2.39 bits per heavy atom. The van der Waals surface area contributed by atoms with Gasteiger partial charge in [-0.1, -0.05) is 6.08 Å². The molecular formula is C13H17N3O2. The van der Waals surface area contributed by atoms with E-state index in [1.807, 2.05) is 0 Å². The summed E-state index contributed by atoms with van der Waals surface area (Å²) in [6.07, 6.45) is 1.60. The quantitative estimate of drug-likeness (QED) is 0.795. The lowest BCUT2D eigenvalue weighted by molar-refractivity contribution is 0.0827. The molecule has 96 valence electrons. The first-order valence-corrected chi connectivity index (χ1v) is 5.52. The van der Waals surface area contributed by atoms with Gasteiger partial charge < -0.3 is 15.5 Å². The first-order valence-electron chi connectivity index (χ1n) is 5.52. The number of amides is 3. The number of urea groups is 1. The lowest BCUT2D eigenvalue weighted by atomic mass is 10.2. The number of carbonyl (C=O) groups excluding carboxylic acids is 2. The molecular weight excluding hydrogens is 230 g/mol. The van der Waals surface area contributed by atoms with Crippen molar-refractivity contribution in [2.75, 3.05) is 26.0 Å². The molecule has 1 rings (SSSR count). The Balaban J connectivity index is 2.63. The average molecular weight is 247 g/mol. The molecule has 2 N–H and O–H groups in total. The molecule has 5 nitrogen and oxygen atoms in total. The van der Waals surface area contributed by atoms with E-state index in [4.69, 9.17) is 0 Å². The second kappa shape index (κ2) is 6.44. The average Bonchev–Trinajstić information content (AvgIpc) is 2.36. The number of nitrogens with one attached hydrogen (secondary N) is 2. The molecule has 0 aliphatic rings. The standard InChI is InChI=1S/C13H17N3O2/c1-4-9-14-13(18)15-11-7-5-10(6-8-11)12(17)16(2)3/h4-8H,1,9H2,2-3H3,(H2,14,15,18). The summed E-state index contributed by atoms with van der Waals surface area (Å²) in [5.41, 5.74) is 1.21. The third-order valence-corrected chi connectivity index (χ3v) is 2.20. The van der Waals surface area contributed by atoms with Crippen LogP contribution in [0.2, 0.25) is 0 Å². The van der Waals surface area contributed by atoms with Crippen molar-refractivity contribution in [3.8, 4) is 0 Å². The van der Waals surface area contributed by atoms with E-state index in [0.717, 1.165) is 0 Å². The Bertz CT molecular complexity index is 438. The molecule has 0 fully saturated rings. The molecule has 0 heterocycles. The Morgan fingerprint density at radius 2 is 1.89 bits per heavy atom. The minimum absolute atomic E-state index is 0.0716. The van der Waals surface area contributed by atoms with Gasteiger partial charge in [-0.25, -0.2) is 4.79 Å². The molecule has 5 heteroatoms. The van der Waals surface area contributed by atoms with Crippen LogP contribution in [-0.2, 0) is 0 Å². The van der Waals surface area contributed by atoms with Crippen LogP contribution in [0.5, 0.6) is 0 Å². The van der Waals surface area contributed by atoms with Crippen molar-refractivity contribution < 1.29 is 9.59 Å². The van der Waals surface area contributed by atoms with Gasteiger partial charge in [0.15, 0.2) is 0 Å². The van der Waals surface area contributed by atoms with Gasteiger partial charge in [0.25, 0.3) is 5.91 Å². The number of rotatable bonds is 4. The van der Waals surface area contributed by atoms with Crippen molar-refractivity contribution >= 4 is 17.6 Å². The van der Waals surface area contributed by atoms with Crippen LogP contribution >= 0.6 is 0 Å². The van der Waals surface area contributed by atoms with Gasteiger partial charge in [-0.2, -0.15) is 0 Å². The van der Waals surface area contributed by atoms with Crippen LogP contribution in [0.25, 0.3) is 0 Å². The maximum Gasteiger partial charge on any atom is 0.319 e. The van der Waals surface area contributed by atoms with Crippen molar-refractivity contribution in [1.29, 1.82) is 0 Å². The normalized spacial score (nSPS) is 9.44. The molecule has 0 saturated heterocycles. The molecule has 1 aromatic rings. The van der Waals surface area contributed by atoms with Gasteiger partial charge in [0.1, 0.15) is 0 Å². The molecule has 0 unspecified atom stereocenters. The Kier molecular flexibility index (Phi) is 4.92. The Morgan fingerprint density at radius 1 is 1.28 bits per heavy atom. The maximum absolute atomic E-state index is 11.6. The highest BCUT2D eigenvalue weighted by atomic mass is 16.2. The SMILES string of the molecule is C=CCNC(=O)Nc1ccc(C(=O)N(C)C)cc1. The zero-order valence-corrected chi connectivity index (χ0v) is 10.6. The van der Waals surface area contributed by atoms with E-state index in [1.54, 1.807) is 44.4 Å². The second-order valence-corrected chi connectivity index (χ2v) is 3.90. The van der Waals surface area contributed by atoms with Crippen LogP contribution in [0.3, 0.4) is 0 Å². The highest BCUT2D eigenvalue weighted by Gasteiger charge is 2.07. The number of hydrogen-bond donors (Lipinski definition) is 2. The molecule has 0 aliphatic heterocycles. The van der Waals surface area contributed by atoms with Crippen LogP contribution in [0.1, 0.15) is 10.4 Å². The number of hydrogen-bond acceptors (Lipinski definition) is 2. The van der Waals surface area contributed by atoms with Crippen molar-refractivity contribution in [3.05, 3.63) is 42.5 Å². The van der Waals surface area contributed by atoms with Crippen LogP contribution in [0, 0.1) is 0 Å². The lowest BCUT2D eigenvalue weighted by Crippen LogP contribution is -2.28. The predicted octanol–water partition coefficient (Wildman–Crippen LogP) is 1.70. The summed E-state index contributed by atoms with van der Waals surface area (Å²) < 4.78 is 0. The van der Waals surface area contributed by atoms with E-state index in [9.17, 15) is 9.59 Å². The van der Waals surface area contributed by atoms with Gasteiger partial charge in [-0.3, -0.25) is 4.79 Å². The molecule has 0 radical (unpaired) electrons. The van der Waals surface area contributed by atoms with Gasteiger partial charge in [-0.05, 0) is 24.3 Å². The third-order valence-electron chi connectivity index (χ3n) is 2.20. The predicted molar refractivity (Wildman–Crippen MR) is 71.7 cm³/mol. The minimum atomic E-state index is -0.304. The van der Waals surface area contributed by atoms with Crippen LogP contribution in [0.15, 0.2) is 36.9 Å². The second-order valence-electron chi connectivity index (χ2n) is 3.90. The summed E-state index contributed by atoms with van der Waals surface area (Å²) >= 11 is 0. The maximum atomic E-state index is 11.6. The summed E-state index contributed by atoms with van der Waals surface area (Å²) in [6, 6.07) is 6.41. The van der Waals surface area contributed by atoms with Crippen molar-refractivity contribution in [2.24, 2.45) is 0 Å². The highest BCUT2D eigenvalue weighted by Crippen LogP contribution is 2.10. The van der Waals surface area contributed by atoms with Gasteiger partial charge in [0, 0.05) is 31.9 Å².